The summed E-state index contributed by atoms with van der Waals surface area (Å²) in [5.41, 5.74) is 6.03. The van der Waals surface area contributed by atoms with Gasteiger partial charge in [0, 0.05) is 31.7 Å². The molecule has 1 fully saturated rings. The quantitative estimate of drug-likeness (QED) is 0.796. The second-order valence-electron chi connectivity index (χ2n) is 5.77. The Hall–Kier alpha value is -0.120. The van der Waals surface area contributed by atoms with Crippen molar-refractivity contribution in [2.24, 2.45) is 11.7 Å². The Balaban J connectivity index is 2.65. The predicted molar refractivity (Wildman–Crippen MR) is 75.2 cm³/mol. The topological polar surface area (TPSA) is 32.5 Å². The summed E-state index contributed by atoms with van der Waals surface area (Å²) in [7, 11) is 2.23. The molecule has 0 radical (unpaired) electrons. The molecule has 0 saturated carbocycles. The number of nitrogens with two attached hydrogens (primary N) is 1. The zero-order valence-electron chi connectivity index (χ0n) is 12.2. The third-order valence-corrected chi connectivity index (χ3v) is 4.17. The van der Waals surface area contributed by atoms with Crippen LogP contribution in [0.2, 0.25) is 0 Å². The molecule has 0 bridgehead atoms. The fourth-order valence-corrected chi connectivity index (χ4v) is 3.23. The monoisotopic (exact) mass is 241 g/mol. The van der Waals surface area contributed by atoms with Crippen molar-refractivity contribution in [3.63, 3.8) is 0 Å². The first-order valence-electron chi connectivity index (χ1n) is 7.24. The second-order valence-corrected chi connectivity index (χ2v) is 5.77. The van der Waals surface area contributed by atoms with E-state index in [2.05, 4.69) is 37.6 Å². The van der Waals surface area contributed by atoms with E-state index in [0.717, 1.165) is 12.5 Å². The molecule has 102 valence electrons. The summed E-state index contributed by atoms with van der Waals surface area (Å²) in [5, 5.41) is 0. The van der Waals surface area contributed by atoms with Crippen LogP contribution in [0.15, 0.2) is 0 Å². The van der Waals surface area contributed by atoms with E-state index in [-0.39, 0.29) is 0 Å². The average Bonchev–Trinajstić information content (AvgIpc) is 2.42. The molecular weight excluding hydrogens is 210 g/mol. The third-order valence-electron chi connectivity index (χ3n) is 4.17. The van der Waals surface area contributed by atoms with Crippen LogP contribution in [0.4, 0.5) is 0 Å². The van der Waals surface area contributed by atoms with Crippen LogP contribution in [0.1, 0.15) is 40.0 Å². The summed E-state index contributed by atoms with van der Waals surface area (Å²) in [4.78, 5) is 5.10. The minimum atomic E-state index is 0.566. The van der Waals surface area contributed by atoms with E-state index in [1.807, 2.05) is 0 Å². The van der Waals surface area contributed by atoms with Crippen molar-refractivity contribution in [1.82, 2.24) is 9.80 Å². The van der Waals surface area contributed by atoms with E-state index in [4.69, 9.17) is 5.73 Å². The number of hydrogen-bond acceptors (Lipinski definition) is 3. The molecule has 17 heavy (non-hydrogen) atoms. The van der Waals surface area contributed by atoms with Gasteiger partial charge in [0.15, 0.2) is 0 Å². The molecule has 0 spiro atoms. The first-order chi connectivity index (χ1) is 8.10. The Morgan fingerprint density at radius 2 is 2.06 bits per heavy atom. The molecule has 1 rings (SSSR count). The molecule has 0 amide bonds. The van der Waals surface area contributed by atoms with Crippen molar-refractivity contribution in [2.75, 3.05) is 33.2 Å². The summed E-state index contributed by atoms with van der Waals surface area (Å²) < 4.78 is 0. The van der Waals surface area contributed by atoms with Gasteiger partial charge in [0.1, 0.15) is 0 Å². The van der Waals surface area contributed by atoms with Crippen molar-refractivity contribution in [1.29, 1.82) is 0 Å². The molecule has 2 N–H and O–H groups in total. The first kappa shape index (κ1) is 14.9. The Morgan fingerprint density at radius 1 is 1.35 bits per heavy atom. The maximum absolute atomic E-state index is 6.03. The predicted octanol–water partition coefficient (Wildman–Crippen LogP) is 1.78. The molecule has 0 aromatic carbocycles. The van der Waals surface area contributed by atoms with E-state index >= 15 is 0 Å². The van der Waals surface area contributed by atoms with E-state index in [9.17, 15) is 0 Å². The highest BCUT2D eigenvalue weighted by atomic mass is 15.3. The van der Waals surface area contributed by atoms with Crippen LogP contribution in [-0.4, -0.2) is 55.1 Å². The Kier molecular flexibility index (Phi) is 6.45. The maximum atomic E-state index is 6.03. The lowest BCUT2D eigenvalue weighted by atomic mass is 9.94. The van der Waals surface area contributed by atoms with E-state index in [1.165, 1.54) is 38.9 Å². The number of rotatable bonds is 5. The molecule has 0 aromatic rings. The van der Waals surface area contributed by atoms with Gasteiger partial charge < -0.3 is 10.6 Å². The van der Waals surface area contributed by atoms with E-state index in [0.29, 0.717) is 12.1 Å². The molecule has 3 heteroatoms. The van der Waals surface area contributed by atoms with Crippen molar-refractivity contribution < 1.29 is 0 Å². The standard InChI is InChI=1S/C14H31N3/c1-5-7-12(2)14(10-15)17-9-6-8-16(4)11-13(17)3/h12-14H,5-11,15H2,1-4H3. The van der Waals surface area contributed by atoms with Crippen molar-refractivity contribution in [2.45, 2.75) is 52.1 Å². The maximum Gasteiger partial charge on any atom is 0.0247 e. The van der Waals surface area contributed by atoms with Gasteiger partial charge in [-0.05, 0) is 39.3 Å². The smallest absolute Gasteiger partial charge is 0.0247 e. The lowest BCUT2D eigenvalue weighted by Gasteiger charge is -2.38. The minimum Gasteiger partial charge on any atom is -0.329 e. The van der Waals surface area contributed by atoms with Gasteiger partial charge in [0.25, 0.3) is 0 Å². The SMILES string of the molecule is CCCC(C)C(CN)N1CCCN(C)CC1C. The summed E-state index contributed by atoms with van der Waals surface area (Å²) in [6, 6.07) is 1.20. The molecule has 3 nitrogen and oxygen atoms in total. The van der Waals surface area contributed by atoms with E-state index < -0.39 is 0 Å². The highest BCUT2D eigenvalue weighted by Crippen LogP contribution is 2.20. The Morgan fingerprint density at radius 3 is 2.65 bits per heavy atom. The molecular formula is C14H31N3. The normalized spacial score (nSPS) is 27.7. The van der Waals surface area contributed by atoms with Crippen molar-refractivity contribution in [3.05, 3.63) is 0 Å². The zero-order chi connectivity index (χ0) is 12.8. The van der Waals surface area contributed by atoms with Gasteiger partial charge in [-0.15, -0.1) is 0 Å². The van der Waals surface area contributed by atoms with Crippen LogP contribution in [-0.2, 0) is 0 Å². The second kappa shape index (κ2) is 7.34. The molecule has 1 aliphatic rings. The van der Waals surface area contributed by atoms with Crippen LogP contribution in [0, 0.1) is 5.92 Å². The lowest BCUT2D eigenvalue weighted by Crippen LogP contribution is -2.50. The number of nitrogens with zero attached hydrogens (tertiary/aromatic N) is 2. The fraction of sp³-hybridized carbons (Fsp3) is 1.00. The van der Waals surface area contributed by atoms with Gasteiger partial charge >= 0.3 is 0 Å². The summed E-state index contributed by atoms with van der Waals surface area (Å²) >= 11 is 0. The number of hydrogen-bond donors (Lipinski definition) is 1. The number of likely N-dealkylation sites (N-methyl/N-ethyl adjacent to an activating group) is 1. The zero-order valence-corrected chi connectivity index (χ0v) is 12.2. The van der Waals surface area contributed by atoms with Crippen LogP contribution in [0.5, 0.6) is 0 Å². The summed E-state index contributed by atoms with van der Waals surface area (Å²) in [6.45, 7) is 11.4. The first-order valence-corrected chi connectivity index (χ1v) is 7.24. The molecule has 3 unspecified atom stereocenters. The Labute approximate surface area is 107 Å². The van der Waals surface area contributed by atoms with Crippen LogP contribution >= 0.6 is 0 Å². The highest BCUT2D eigenvalue weighted by molar-refractivity contribution is 4.84. The Bertz CT molecular complexity index is 208. The highest BCUT2D eigenvalue weighted by Gasteiger charge is 2.28. The minimum absolute atomic E-state index is 0.566. The van der Waals surface area contributed by atoms with Gasteiger partial charge in [0.2, 0.25) is 0 Å². The molecule has 1 aliphatic heterocycles. The van der Waals surface area contributed by atoms with Gasteiger partial charge in [-0.1, -0.05) is 20.3 Å². The van der Waals surface area contributed by atoms with Crippen LogP contribution in [0.25, 0.3) is 0 Å². The van der Waals surface area contributed by atoms with Gasteiger partial charge in [-0.25, -0.2) is 0 Å². The summed E-state index contributed by atoms with van der Waals surface area (Å²) in [6.07, 6.45) is 3.83. The van der Waals surface area contributed by atoms with Crippen LogP contribution in [0.3, 0.4) is 0 Å². The molecule has 1 saturated heterocycles. The molecule has 0 aromatic heterocycles. The summed E-state index contributed by atoms with van der Waals surface area (Å²) in [5.74, 6) is 0.718. The average molecular weight is 241 g/mol. The van der Waals surface area contributed by atoms with Crippen LogP contribution < -0.4 is 5.73 Å². The van der Waals surface area contributed by atoms with Gasteiger partial charge in [0.05, 0.1) is 0 Å². The van der Waals surface area contributed by atoms with Gasteiger partial charge in [-0.3, -0.25) is 4.90 Å². The molecule has 0 aliphatic carbocycles. The lowest BCUT2D eigenvalue weighted by molar-refractivity contribution is 0.106. The molecule has 3 atom stereocenters. The van der Waals surface area contributed by atoms with Gasteiger partial charge in [-0.2, -0.15) is 0 Å². The van der Waals surface area contributed by atoms with Crippen molar-refractivity contribution >= 4 is 0 Å². The van der Waals surface area contributed by atoms with E-state index in [1.54, 1.807) is 0 Å². The van der Waals surface area contributed by atoms with Crippen molar-refractivity contribution in [3.8, 4) is 0 Å². The largest absolute Gasteiger partial charge is 0.329 e. The third kappa shape index (κ3) is 4.23. The fourth-order valence-electron chi connectivity index (χ4n) is 3.23. The molecule has 1 heterocycles.